The Hall–Kier alpha value is -5.43. The quantitative estimate of drug-likeness (QED) is 0.141. The number of rotatable bonds is 0. The average Bonchev–Trinajstić information content (AvgIpc) is 3.98. The van der Waals surface area contributed by atoms with E-state index in [0.29, 0.717) is 0 Å². The molecular weight excluding hydrogens is 935 g/mol. The van der Waals surface area contributed by atoms with Crippen LogP contribution in [0, 0.1) is 0 Å². The molecule has 9 aromatic rings. The predicted octanol–water partition coefficient (Wildman–Crippen LogP) is 17.4. The molecule has 0 aliphatic carbocycles. The van der Waals surface area contributed by atoms with Crippen LogP contribution >= 0.6 is 23.5 Å². The van der Waals surface area contributed by atoms with Gasteiger partial charge in [-0.1, -0.05) is 172 Å². The first-order valence-corrected chi connectivity index (χ1v) is 28.8. The number of aromatic nitrogens is 2. The van der Waals surface area contributed by atoms with Crippen LogP contribution in [-0.4, -0.2) is 22.9 Å². The van der Waals surface area contributed by atoms with E-state index in [1.54, 1.807) is 0 Å². The summed E-state index contributed by atoms with van der Waals surface area (Å²) in [6.45, 7) is 42.2. The molecule has 4 aliphatic rings. The number of anilines is 4. The smallest absolute Gasteiger partial charge is 0.359 e. The Kier molecular flexibility index (Phi) is 9.88. The lowest BCUT2D eigenvalue weighted by Gasteiger charge is -2.30. The fourth-order valence-electron chi connectivity index (χ4n) is 12.5. The molecular formula is C66H72B2N4S2. The molecule has 0 N–H and O–H groups in total. The van der Waals surface area contributed by atoms with E-state index in [2.05, 4.69) is 252 Å². The number of hydrogen-bond acceptors (Lipinski definition) is 4. The summed E-state index contributed by atoms with van der Waals surface area (Å²) in [6, 6.07) is 44.9. The first-order valence-electron chi connectivity index (χ1n) is 27.1. The standard InChI is InChI=1S/C66H72B2N4S2/c1-61(2,3)37-19-23-49-43(27-37)45-29-41(65(13,14)15)31-53-59(45)71(49)67-47-35-56-48(36-55(47)73-57-33-39(63(7,8)9)21-25-51(57)69(53)67)68-70(52-26-22-40(64(10,11)12)34-58(52)74-56)54-32-42(66(16,17)18)30-46-44-28-38(62(4,5)6)20-24-50(44)72(68)60(46)54/h19-36H,1-18H3. The van der Waals surface area contributed by atoms with Crippen LogP contribution in [-0.2, 0) is 32.5 Å². The molecule has 8 heteroatoms. The summed E-state index contributed by atoms with van der Waals surface area (Å²) in [5, 5.41) is 5.40. The van der Waals surface area contributed by atoms with Crippen LogP contribution in [0.25, 0.3) is 43.6 Å². The Labute approximate surface area is 449 Å². The van der Waals surface area contributed by atoms with Gasteiger partial charge >= 0.3 is 14.0 Å². The predicted molar refractivity (Wildman–Crippen MR) is 325 cm³/mol. The fourth-order valence-corrected chi connectivity index (χ4v) is 14.8. The summed E-state index contributed by atoms with van der Waals surface area (Å²) in [5.41, 5.74) is 21.2. The first kappa shape index (κ1) is 48.2. The maximum Gasteiger partial charge on any atom is 0.422 e. The SMILES string of the molecule is CC(C)(C)c1ccc2c(c1)Sc1cc3c(cc1B1N2c2cc(C(C)(C)C)cc4c5cc(C(C)(C)C)ccc5n1c24)Sc1cc(C(C)(C)C)ccc1N1B3n2c3ccc(C(C)(C)C)cc3c3cc(C(C)(C)C)cc1c32. The minimum absolute atomic E-state index is 0.0153. The largest absolute Gasteiger partial charge is 0.422 e. The summed E-state index contributed by atoms with van der Waals surface area (Å²) >= 11 is 3.96. The molecule has 0 saturated heterocycles. The molecule has 6 heterocycles. The zero-order chi connectivity index (χ0) is 52.5. The Morgan fingerprint density at radius 1 is 0.297 bits per heavy atom. The van der Waals surface area contributed by atoms with Gasteiger partial charge in [-0.05, 0) is 162 Å². The maximum atomic E-state index is 2.73. The van der Waals surface area contributed by atoms with Crippen molar-refractivity contribution < 1.29 is 0 Å². The summed E-state index contributed by atoms with van der Waals surface area (Å²) in [6.07, 6.45) is 0. The van der Waals surface area contributed by atoms with Gasteiger partial charge in [0.1, 0.15) is 0 Å². The lowest BCUT2D eigenvalue weighted by atomic mass is 9.61. The molecule has 374 valence electrons. The second-order valence-electron chi connectivity index (χ2n) is 28.5. The number of fused-ring (bicyclic) bond motifs is 20. The second kappa shape index (κ2) is 15.2. The molecule has 0 spiro atoms. The van der Waals surface area contributed by atoms with Crippen molar-refractivity contribution in [1.82, 2.24) is 8.96 Å². The lowest BCUT2D eigenvalue weighted by molar-refractivity contribution is 0.588. The van der Waals surface area contributed by atoms with Crippen LogP contribution in [0.1, 0.15) is 158 Å². The molecule has 0 radical (unpaired) electrons. The Bertz CT molecular complexity index is 3690. The molecule has 0 atom stereocenters. The molecule has 74 heavy (non-hydrogen) atoms. The van der Waals surface area contributed by atoms with Gasteiger partial charge in [0.25, 0.3) is 0 Å². The molecule has 0 amide bonds. The maximum absolute atomic E-state index is 2.73. The van der Waals surface area contributed by atoms with Gasteiger partial charge in [0, 0.05) is 63.5 Å². The fraction of sp³-hybridized carbons (Fsp3) is 0.364. The zero-order valence-electron chi connectivity index (χ0n) is 47.2. The molecule has 13 rings (SSSR count). The zero-order valence-corrected chi connectivity index (χ0v) is 48.8. The number of hydrogen-bond donors (Lipinski definition) is 0. The molecule has 0 fully saturated rings. The molecule has 0 bridgehead atoms. The summed E-state index contributed by atoms with van der Waals surface area (Å²) in [4.78, 5) is 10.7. The molecule has 7 aromatic carbocycles. The normalized spacial score (nSPS) is 15.5. The van der Waals surface area contributed by atoms with Gasteiger partial charge in [0.15, 0.2) is 0 Å². The number of benzene rings is 7. The average molecular weight is 1010 g/mol. The van der Waals surface area contributed by atoms with E-state index in [0.717, 1.165) is 0 Å². The van der Waals surface area contributed by atoms with Gasteiger partial charge in [-0.3, -0.25) is 0 Å². The van der Waals surface area contributed by atoms with Gasteiger partial charge < -0.3 is 18.6 Å². The highest BCUT2D eigenvalue weighted by Crippen LogP contribution is 2.55. The van der Waals surface area contributed by atoms with Crippen molar-refractivity contribution in [2.75, 3.05) is 9.62 Å². The monoisotopic (exact) mass is 1010 g/mol. The van der Waals surface area contributed by atoms with Crippen LogP contribution in [0.2, 0.25) is 0 Å². The Morgan fingerprint density at radius 3 is 0.946 bits per heavy atom. The highest BCUT2D eigenvalue weighted by molar-refractivity contribution is 8.00. The van der Waals surface area contributed by atoms with Gasteiger partial charge in [-0.2, -0.15) is 0 Å². The van der Waals surface area contributed by atoms with E-state index in [1.165, 1.54) is 130 Å². The minimum atomic E-state index is -0.111. The Balaban J connectivity index is 1.15. The molecule has 0 saturated carbocycles. The van der Waals surface area contributed by atoms with Crippen LogP contribution < -0.4 is 20.5 Å². The number of nitrogens with zero attached hydrogens (tertiary/aromatic N) is 4. The first-order chi connectivity index (χ1) is 34.5. The van der Waals surface area contributed by atoms with Crippen LogP contribution in [0.5, 0.6) is 0 Å². The van der Waals surface area contributed by atoms with E-state index in [4.69, 9.17) is 0 Å². The van der Waals surface area contributed by atoms with E-state index < -0.39 is 0 Å². The molecule has 0 unspecified atom stereocenters. The van der Waals surface area contributed by atoms with Crippen molar-refractivity contribution in [3.05, 3.63) is 143 Å². The minimum Gasteiger partial charge on any atom is -0.359 e. The van der Waals surface area contributed by atoms with Crippen LogP contribution in [0.4, 0.5) is 22.7 Å². The highest BCUT2D eigenvalue weighted by atomic mass is 32.2. The third-order valence-corrected chi connectivity index (χ3v) is 19.3. The van der Waals surface area contributed by atoms with E-state index in [-0.39, 0.29) is 46.5 Å². The summed E-state index contributed by atoms with van der Waals surface area (Å²) < 4.78 is 5.46. The lowest BCUT2D eigenvalue weighted by Crippen LogP contribution is -2.52. The van der Waals surface area contributed by atoms with Gasteiger partial charge in [-0.25, -0.2) is 0 Å². The third-order valence-electron chi connectivity index (χ3n) is 17.0. The summed E-state index contributed by atoms with van der Waals surface area (Å²) in [5.74, 6) is 0. The van der Waals surface area contributed by atoms with Crippen molar-refractivity contribution in [2.45, 2.75) is 177 Å². The Morgan fingerprint density at radius 2 is 0.608 bits per heavy atom. The van der Waals surface area contributed by atoms with Crippen molar-refractivity contribution in [3.8, 4) is 0 Å². The molecule has 4 nitrogen and oxygen atoms in total. The van der Waals surface area contributed by atoms with E-state index in [9.17, 15) is 0 Å². The topological polar surface area (TPSA) is 16.3 Å². The van der Waals surface area contributed by atoms with E-state index in [1.807, 2.05) is 23.5 Å². The second-order valence-corrected chi connectivity index (χ2v) is 30.6. The third kappa shape index (κ3) is 6.97. The van der Waals surface area contributed by atoms with Crippen LogP contribution in [0.15, 0.2) is 129 Å². The molecule has 4 aliphatic heterocycles. The van der Waals surface area contributed by atoms with Crippen molar-refractivity contribution in [3.63, 3.8) is 0 Å². The summed E-state index contributed by atoms with van der Waals surface area (Å²) in [7, 11) is 0. The van der Waals surface area contributed by atoms with Crippen molar-refractivity contribution in [2.24, 2.45) is 0 Å². The van der Waals surface area contributed by atoms with Crippen molar-refractivity contribution in [1.29, 1.82) is 0 Å². The van der Waals surface area contributed by atoms with Gasteiger partial charge in [-0.15, -0.1) is 0 Å². The van der Waals surface area contributed by atoms with Gasteiger partial charge in [0.2, 0.25) is 0 Å². The van der Waals surface area contributed by atoms with Gasteiger partial charge in [0.05, 0.1) is 22.4 Å². The molecule has 2 aromatic heterocycles. The van der Waals surface area contributed by atoms with Crippen LogP contribution in [0.3, 0.4) is 0 Å². The van der Waals surface area contributed by atoms with Crippen molar-refractivity contribution >= 4 is 115 Å². The van der Waals surface area contributed by atoms with E-state index >= 15 is 0 Å². The highest BCUT2D eigenvalue weighted by Gasteiger charge is 2.49.